The summed E-state index contributed by atoms with van der Waals surface area (Å²) in [5, 5.41) is 3.32. The van der Waals surface area contributed by atoms with Gasteiger partial charge < -0.3 is 20.5 Å². The van der Waals surface area contributed by atoms with Gasteiger partial charge in [-0.3, -0.25) is 4.79 Å². The Hall–Kier alpha value is -1.46. The number of fused-ring (bicyclic) bond motifs is 1. The topological polar surface area (TPSA) is 73.6 Å². The van der Waals surface area contributed by atoms with Crippen LogP contribution in [0.25, 0.3) is 0 Å². The van der Waals surface area contributed by atoms with Crippen molar-refractivity contribution in [2.24, 2.45) is 17.1 Å². The lowest BCUT2D eigenvalue weighted by Crippen LogP contribution is -2.40. The van der Waals surface area contributed by atoms with Crippen molar-refractivity contribution >= 4 is 18.3 Å². The molecule has 0 aromatic heterocycles. The second-order valence-corrected chi connectivity index (χ2v) is 8.23. The van der Waals surface area contributed by atoms with Crippen molar-refractivity contribution < 1.29 is 14.3 Å². The number of amides is 1. The minimum Gasteiger partial charge on any atom is -0.486 e. The third kappa shape index (κ3) is 4.69. The number of carbonyl (C=O) groups excluding carboxylic acids is 1. The Bertz CT molecular complexity index is 657. The lowest BCUT2D eigenvalue weighted by atomic mass is 9.71. The van der Waals surface area contributed by atoms with Gasteiger partial charge in [0.15, 0.2) is 11.5 Å². The monoisotopic (exact) mass is 394 g/mol. The third-order valence-corrected chi connectivity index (χ3v) is 6.22. The van der Waals surface area contributed by atoms with E-state index in [1.165, 1.54) is 32.1 Å². The van der Waals surface area contributed by atoms with Crippen molar-refractivity contribution in [3.63, 3.8) is 0 Å². The normalized spacial score (nSPS) is 21.7. The van der Waals surface area contributed by atoms with Gasteiger partial charge in [0, 0.05) is 6.42 Å². The SMILES string of the molecule is Cl.NCC1(CC(=O)NC(c2ccc3c(c2)OCCO3)C2CC2)CCCCC1. The number of rotatable bonds is 6. The number of benzene rings is 1. The molecule has 2 fully saturated rings. The van der Waals surface area contributed by atoms with E-state index < -0.39 is 0 Å². The maximum atomic E-state index is 12.9. The van der Waals surface area contributed by atoms with Crippen LogP contribution in [0.5, 0.6) is 11.5 Å². The van der Waals surface area contributed by atoms with Gasteiger partial charge in [0.05, 0.1) is 6.04 Å². The summed E-state index contributed by atoms with van der Waals surface area (Å²) in [5.41, 5.74) is 7.19. The van der Waals surface area contributed by atoms with E-state index in [0.29, 0.717) is 32.1 Å². The molecule has 3 aliphatic rings. The number of halogens is 1. The molecular formula is C21H31ClN2O3. The first-order valence-corrected chi connectivity index (χ1v) is 10.1. The Labute approximate surface area is 167 Å². The van der Waals surface area contributed by atoms with Crippen molar-refractivity contribution in [3.8, 4) is 11.5 Å². The Morgan fingerprint density at radius 1 is 1.15 bits per heavy atom. The van der Waals surface area contributed by atoms with Gasteiger partial charge >= 0.3 is 0 Å². The molecule has 0 bridgehead atoms. The molecule has 1 amide bonds. The first-order chi connectivity index (χ1) is 12.7. The van der Waals surface area contributed by atoms with Crippen LogP contribution < -0.4 is 20.5 Å². The molecular weight excluding hydrogens is 364 g/mol. The lowest BCUT2D eigenvalue weighted by molar-refractivity contribution is -0.124. The number of carbonyl (C=O) groups is 1. The fraction of sp³-hybridized carbons (Fsp3) is 0.667. The summed E-state index contributed by atoms with van der Waals surface area (Å²) in [6.07, 6.45) is 8.70. The Kier molecular flexibility index (Phi) is 6.53. The minimum absolute atomic E-state index is 0. The molecule has 1 aromatic rings. The van der Waals surface area contributed by atoms with Crippen molar-refractivity contribution in [2.75, 3.05) is 19.8 Å². The summed E-state index contributed by atoms with van der Waals surface area (Å²) in [5.74, 6) is 2.26. The molecule has 3 N–H and O–H groups in total. The zero-order chi connectivity index (χ0) is 18.0. The van der Waals surface area contributed by atoms with Gasteiger partial charge in [-0.05, 0) is 61.3 Å². The molecule has 0 radical (unpaired) electrons. The molecule has 150 valence electrons. The quantitative estimate of drug-likeness (QED) is 0.770. The maximum Gasteiger partial charge on any atom is 0.221 e. The minimum atomic E-state index is 0. The second kappa shape index (κ2) is 8.70. The first kappa shape index (κ1) is 20.3. The summed E-state index contributed by atoms with van der Waals surface area (Å²) < 4.78 is 11.3. The predicted molar refractivity (Wildman–Crippen MR) is 107 cm³/mol. The molecule has 1 aliphatic heterocycles. The van der Waals surface area contributed by atoms with E-state index in [0.717, 1.165) is 29.9 Å². The third-order valence-electron chi connectivity index (χ3n) is 6.22. The number of hydrogen-bond donors (Lipinski definition) is 2. The van der Waals surface area contributed by atoms with Gasteiger partial charge in [0.2, 0.25) is 5.91 Å². The van der Waals surface area contributed by atoms with Gasteiger partial charge in [-0.25, -0.2) is 0 Å². The summed E-state index contributed by atoms with van der Waals surface area (Å²) >= 11 is 0. The van der Waals surface area contributed by atoms with Gasteiger partial charge in [-0.2, -0.15) is 0 Å². The van der Waals surface area contributed by atoms with Crippen LogP contribution >= 0.6 is 12.4 Å². The highest BCUT2D eigenvalue weighted by Crippen LogP contribution is 2.44. The predicted octanol–water partition coefficient (Wildman–Crippen LogP) is 3.75. The van der Waals surface area contributed by atoms with Crippen LogP contribution in [-0.4, -0.2) is 25.7 Å². The zero-order valence-electron chi connectivity index (χ0n) is 15.9. The first-order valence-electron chi connectivity index (χ1n) is 10.1. The summed E-state index contributed by atoms with van der Waals surface area (Å²) in [6, 6.07) is 6.14. The number of nitrogens with one attached hydrogen (secondary N) is 1. The van der Waals surface area contributed by atoms with E-state index in [2.05, 4.69) is 11.4 Å². The van der Waals surface area contributed by atoms with Crippen molar-refractivity contribution in [1.29, 1.82) is 0 Å². The number of nitrogens with two attached hydrogens (primary N) is 1. The van der Waals surface area contributed by atoms with Gasteiger partial charge in [-0.1, -0.05) is 25.3 Å². The molecule has 1 heterocycles. The summed E-state index contributed by atoms with van der Waals surface area (Å²) in [6.45, 7) is 1.78. The van der Waals surface area contributed by atoms with Crippen LogP contribution in [0.3, 0.4) is 0 Å². The van der Waals surface area contributed by atoms with Gasteiger partial charge in [0.25, 0.3) is 0 Å². The molecule has 1 atom stereocenters. The molecule has 1 aromatic carbocycles. The fourth-order valence-electron chi connectivity index (χ4n) is 4.48. The number of hydrogen-bond acceptors (Lipinski definition) is 4. The van der Waals surface area contributed by atoms with E-state index in [4.69, 9.17) is 15.2 Å². The second-order valence-electron chi connectivity index (χ2n) is 8.23. The van der Waals surface area contributed by atoms with E-state index in [-0.39, 0.29) is 29.8 Å². The van der Waals surface area contributed by atoms with Crippen LogP contribution in [0.4, 0.5) is 0 Å². The highest BCUT2D eigenvalue weighted by atomic mass is 35.5. The largest absolute Gasteiger partial charge is 0.486 e. The fourth-order valence-corrected chi connectivity index (χ4v) is 4.48. The molecule has 6 heteroatoms. The molecule has 2 saturated carbocycles. The van der Waals surface area contributed by atoms with E-state index >= 15 is 0 Å². The smallest absolute Gasteiger partial charge is 0.221 e. The van der Waals surface area contributed by atoms with Crippen molar-refractivity contribution in [1.82, 2.24) is 5.32 Å². The van der Waals surface area contributed by atoms with E-state index in [9.17, 15) is 4.79 Å². The summed E-state index contributed by atoms with van der Waals surface area (Å²) in [7, 11) is 0. The van der Waals surface area contributed by atoms with E-state index in [1.807, 2.05) is 12.1 Å². The zero-order valence-corrected chi connectivity index (χ0v) is 16.7. The van der Waals surface area contributed by atoms with Crippen LogP contribution in [-0.2, 0) is 4.79 Å². The molecule has 2 aliphatic carbocycles. The van der Waals surface area contributed by atoms with Crippen LogP contribution in [0.15, 0.2) is 18.2 Å². The molecule has 0 saturated heterocycles. The molecule has 5 nitrogen and oxygen atoms in total. The lowest BCUT2D eigenvalue weighted by Gasteiger charge is -2.36. The Balaban J connectivity index is 0.00000210. The summed E-state index contributed by atoms with van der Waals surface area (Å²) in [4.78, 5) is 12.9. The Morgan fingerprint density at radius 2 is 1.85 bits per heavy atom. The Morgan fingerprint density at radius 3 is 2.52 bits per heavy atom. The van der Waals surface area contributed by atoms with Crippen molar-refractivity contribution in [2.45, 2.75) is 57.4 Å². The average Bonchev–Trinajstić information content (AvgIpc) is 3.51. The molecule has 0 spiro atoms. The number of ether oxygens (including phenoxy) is 2. The van der Waals surface area contributed by atoms with Crippen LogP contribution in [0, 0.1) is 11.3 Å². The van der Waals surface area contributed by atoms with E-state index in [1.54, 1.807) is 0 Å². The van der Waals surface area contributed by atoms with Crippen molar-refractivity contribution in [3.05, 3.63) is 23.8 Å². The molecule has 27 heavy (non-hydrogen) atoms. The van der Waals surface area contributed by atoms with Crippen LogP contribution in [0.2, 0.25) is 0 Å². The average molecular weight is 395 g/mol. The van der Waals surface area contributed by atoms with Gasteiger partial charge in [-0.15, -0.1) is 12.4 Å². The molecule has 1 unspecified atom stereocenters. The van der Waals surface area contributed by atoms with Crippen LogP contribution in [0.1, 0.15) is 63.0 Å². The maximum absolute atomic E-state index is 12.9. The highest BCUT2D eigenvalue weighted by Gasteiger charge is 2.37. The standard InChI is InChI=1S/C21H30N2O3.ClH/c22-14-21(8-2-1-3-9-21)13-19(24)23-20(15-4-5-15)16-6-7-17-18(12-16)26-11-10-25-17;/h6-7,12,15,20H,1-5,8-11,13-14,22H2,(H,23,24);1H. The van der Waals surface area contributed by atoms with Gasteiger partial charge in [0.1, 0.15) is 13.2 Å². The molecule has 4 rings (SSSR count). The highest BCUT2D eigenvalue weighted by molar-refractivity contribution is 5.85.